The van der Waals surface area contributed by atoms with Gasteiger partial charge >= 0.3 is 0 Å². The normalized spacial score (nSPS) is 15.1. The maximum Gasteiger partial charge on any atom is 0.252 e. The maximum absolute atomic E-state index is 14.9. The molecule has 2 aromatic heterocycles. The highest BCUT2D eigenvalue weighted by Crippen LogP contribution is 2.29. The van der Waals surface area contributed by atoms with Crippen molar-refractivity contribution in [3.63, 3.8) is 0 Å². The van der Waals surface area contributed by atoms with Gasteiger partial charge in [0.1, 0.15) is 5.82 Å². The molecule has 0 bridgehead atoms. The molecule has 1 aliphatic carbocycles. The molecule has 1 amide bonds. The van der Waals surface area contributed by atoms with Crippen molar-refractivity contribution in [1.82, 2.24) is 20.5 Å². The van der Waals surface area contributed by atoms with Crippen molar-refractivity contribution in [2.24, 2.45) is 5.73 Å². The fraction of sp³-hybridized carbons (Fsp3) is 0.240. The molecule has 33 heavy (non-hydrogen) atoms. The number of nitrogens with zero attached hydrogens (tertiary/aromatic N) is 2. The van der Waals surface area contributed by atoms with Gasteiger partial charge in [-0.1, -0.05) is 30.4 Å². The number of nitrogens with two attached hydrogens (primary N) is 1. The van der Waals surface area contributed by atoms with E-state index in [2.05, 4.69) is 32.7 Å². The molecule has 3 aromatic rings. The molecule has 1 aromatic carbocycles. The predicted molar refractivity (Wildman–Crippen MR) is 125 cm³/mol. The number of H-pyrrole nitrogens is 1. The van der Waals surface area contributed by atoms with Gasteiger partial charge in [-0.3, -0.25) is 14.9 Å². The molecule has 0 aliphatic heterocycles. The number of halogens is 1. The van der Waals surface area contributed by atoms with Crippen molar-refractivity contribution in [2.75, 3.05) is 6.54 Å². The zero-order valence-corrected chi connectivity index (χ0v) is 18.0. The number of carbonyl (C=O) groups is 1. The molecule has 0 spiro atoms. The summed E-state index contributed by atoms with van der Waals surface area (Å²) in [6.07, 6.45) is 8.95. The summed E-state index contributed by atoms with van der Waals surface area (Å²) < 4.78 is 14.9. The molecular weight excluding hydrogens is 421 g/mol. The fourth-order valence-electron chi connectivity index (χ4n) is 3.83. The number of amides is 1. The summed E-state index contributed by atoms with van der Waals surface area (Å²) in [7, 11) is 0. The third kappa shape index (κ3) is 5.24. The van der Waals surface area contributed by atoms with Gasteiger partial charge in [-0.2, -0.15) is 5.10 Å². The molecule has 0 radical (unpaired) electrons. The number of carbonyl (C=O) groups excluding carboxylic acids is 1. The standard InChI is InChI=1S/C25H26FN5O2/c26-19-11-6-10-18(24(19)22-14-20(30-31-22)16-7-2-1-3-8-16)25(33)29-21(23(32)15-27)13-17-9-4-5-12-28-17/h2,4-12,14,21,23,32H,1,3,13,15,27H2,(H,29,33)(H,30,31)/t21-,23?/m1/s1. The highest BCUT2D eigenvalue weighted by molar-refractivity contribution is 6.01. The van der Waals surface area contributed by atoms with E-state index in [-0.39, 0.29) is 24.1 Å². The van der Waals surface area contributed by atoms with Crippen molar-refractivity contribution in [2.45, 2.75) is 31.4 Å². The minimum absolute atomic E-state index is 0.0413. The van der Waals surface area contributed by atoms with Crippen LogP contribution >= 0.6 is 0 Å². The van der Waals surface area contributed by atoms with Crippen LogP contribution in [0.4, 0.5) is 4.39 Å². The second kappa shape index (κ2) is 10.3. The predicted octanol–water partition coefficient (Wildman–Crippen LogP) is 3.00. The Labute approximate surface area is 191 Å². The molecule has 4 rings (SSSR count). The van der Waals surface area contributed by atoms with E-state index in [0.29, 0.717) is 17.1 Å². The second-order valence-corrected chi connectivity index (χ2v) is 7.88. The van der Waals surface area contributed by atoms with Crippen molar-refractivity contribution in [1.29, 1.82) is 0 Å². The molecule has 7 nitrogen and oxygen atoms in total. The van der Waals surface area contributed by atoms with Crippen LogP contribution in [0.15, 0.2) is 66.9 Å². The number of aromatic amines is 1. The van der Waals surface area contributed by atoms with E-state index in [9.17, 15) is 14.3 Å². The van der Waals surface area contributed by atoms with Crippen LogP contribution in [0.1, 0.15) is 34.6 Å². The summed E-state index contributed by atoms with van der Waals surface area (Å²) >= 11 is 0. The van der Waals surface area contributed by atoms with Crippen LogP contribution in [-0.2, 0) is 6.42 Å². The van der Waals surface area contributed by atoms with Crippen LogP contribution in [0, 0.1) is 5.82 Å². The van der Waals surface area contributed by atoms with Gasteiger partial charge in [-0.15, -0.1) is 0 Å². The Bertz CT molecular complexity index is 1170. The van der Waals surface area contributed by atoms with E-state index in [4.69, 9.17) is 5.73 Å². The number of aliphatic hydroxyl groups is 1. The van der Waals surface area contributed by atoms with Gasteiger partial charge in [-0.25, -0.2) is 4.39 Å². The smallest absolute Gasteiger partial charge is 0.252 e. The number of nitrogens with one attached hydrogen (secondary N) is 2. The number of aliphatic hydroxyl groups excluding tert-OH is 1. The molecule has 1 unspecified atom stereocenters. The van der Waals surface area contributed by atoms with Crippen LogP contribution < -0.4 is 11.1 Å². The molecule has 0 fully saturated rings. The zero-order valence-electron chi connectivity index (χ0n) is 18.0. The van der Waals surface area contributed by atoms with Crippen molar-refractivity contribution < 1.29 is 14.3 Å². The van der Waals surface area contributed by atoms with Gasteiger partial charge in [0.25, 0.3) is 5.91 Å². The van der Waals surface area contributed by atoms with Gasteiger partial charge in [0.15, 0.2) is 0 Å². The first-order valence-corrected chi connectivity index (χ1v) is 10.9. The minimum Gasteiger partial charge on any atom is -0.390 e. The largest absolute Gasteiger partial charge is 0.390 e. The highest BCUT2D eigenvalue weighted by Gasteiger charge is 2.25. The molecule has 2 heterocycles. The summed E-state index contributed by atoms with van der Waals surface area (Å²) in [5.74, 6) is -1.07. The Morgan fingerprint density at radius 2 is 2.12 bits per heavy atom. The van der Waals surface area contributed by atoms with Crippen LogP contribution in [-0.4, -0.2) is 44.9 Å². The van der Waals surface area contributed by atoms with E-state index in [1.165, 1.54) is 12.1 Å². The molecule has 170 valence electrons. The lowest BCUT2D eigenvalue weighted by molar-refractivity contribution is 0.0845. The molecule has 1 aliphatic rings. The number of benzene rings is 1. The molecule has 0 saturated heterocycles. The van der Waals surface area contributed by atoms with E-state index in [0.717, 1.165) is 18.4 Å². The third-order valence-corrected chi connectivity index (χ3v) is 5.57. The summed E-state index contributed by atoms with van der Waals surface area (Å²) in [4.78, 5) is 17.5. The Hall–Kier alpha value is -3.62. The minimum atomic E-state index is -0.989. The van der Waals surface area contributed by atoms with Gasteiger partial charge in [0.2, 0.25) is 0 Å². The van der Waals surface area contributed by atoms with E-state index in [1.54, 1.807) is 30.5 Å². The average molecular weight is 448 g/mol. The van der Waals surface area contributed by atoms with Crippen LogP contribution in [0.2, 0.25) is 0 Å². The molecular formula is C25H26FN5O2. The molecule has 0 saturated carbocycles. The lowest BCUT2D eigenvalue weighted by Crippen LogP contribution is -2.48. The molecule has 5 N–H and O–H groups in total. The summed E-state index contributed by atoms with van der Waals surface area (Å²) in [6, 6.07) is 10.8. The second-order valence-electron chi connectivity index (χ2n) is 7.88. The Kier molecular flexibility index (Phi) is 7.07. The summed E-state index contributed by atoms with van der Waals surface area (Å²) in [5.41, 5.74) is 8.63. The number of allylic oxidation sites excluding steroid dienone is 4. The maximum atomic E-state index is 14.9. The van der Waals surface area contributed by atoms with Gasteiger partial charge in [0, 0.05) is 30.4 Å². The monoisotopic (exact) mass is 447 g/mol. The molecule has 2 atom stereocenters. The molecule has 8 heteroatoms. The first-order valence-electron chi connectivity index (χ1n) is 10.9. The van der Waals surface area contributed by atoms with Gasteiger partial charge in [0.05, 0.1) is 29.1 Å². The lowest BCUT2D eigenvalue weighted by Gasteiger charge is -2.23. The van der Waals surface area contributed by atoms with Crippen LogP contribution in [0.5, 0.6) is 0 Å². The Balaban J connectivity index is 1.62. The fourth-order valence-corrected chi connectivity index (χ4v) is 3.83. The van der Waals surface area contributed by atoms with E-state index < -0.39 is 23.9 Å². The first-order chi connectivity index (χ1) is 16.1. The van der Waals surface area contributed by atoms with Crippen molar-refractivity contribution in [3.05, 3.63) is 89.7 Å². The lowest BCUT2D eigenvalue weighted by atomic mass is 9.99. The first kappa shape index (κ1) is 22.6. The number of hydrogen-bond acceptors (Lipinski definition) is 5. The number of rotatable bonds is 8. The summed E-state index contributed by atoms with van der Waals surface area (Å²) in [6.45, 7) is -0.0413. The van der Waals surface area contributed by atoms with Crippen LogP contribution in [0.3, 0.4) is 0 Å². The van der Waals surface area contributed by atoms with E-state index >= 15 is 0 Å². The summed E-state index contributed by atoms with van der Waals surface area (Å²) in [5, 5.41) is 20.4. The number of hydrogen-bond donors (Lipinski definition) is 4. The Morgan fingerprint density at radius 1 is 1.24 bits per heavy atom. The van der Waals surface area contributed by atoms with Crippen molar-refractivity contribution >= 4 is 11.5 Å². The average Bonchev–Trinajstić information content (AvgIpc) is 3.34. The SMILES string of the molecule is NCC(O)[C@@H](Cc1ccccn1)NC(=O)c1cccc(F)c1-c1cc(C2=CCCC=C2)n[nH]1. The quantitative estimate of drug-likeness (QED) is 0.424. The number of pyridine rings is 1. The van der Waals surface area contributed by atoms with Gasteiger partial charge < -0.3 is 16.2 Å². The van der Waals surface area contributed by atoms with E-state index in [1.807, 2.05) is 12.1 Å². The number of aromatic nitrogens is 3. The van der Waals surface area contributed by atoms with Crippen molar-refractivity contribution in [3.8, 4) is 11.3 Å². The topological polar surface area (TPSA) is 117 Å². The third-order valence-electron chi connectivity index (χ3n) is 5.57. The van der Waals surface area contributed by atoms with Crippen LogP contribution in [0.25, 0.3) is 16.8 Å². The van der Waals surface area contributed by atoms with Gasteiger partial charge in [-0.05, 0) is 48.7 Å². The highest BCUT2D eigenvalue weighted by atomic mass is 19.1. The Morgan fingerprint density at radius 3 is 2.85 bits per heavy atom. The zero-order chi connectivity index (χ0) is 23.2.